The first-order valence-electron chi connectivity index (χ1n) is 4.68. The van der Waals surface area contributed by atoms with E-state index in [9.17, 15) is 9.59 Å². The predicted molar refractivity (Wildman–Crippen MR) is 59.4 cm³/mol. The number of rotatable bonds is 4. The molecule has 4 nitrogen and oxygen atoms in total. The van der Waals surface area contributed by atoms with Gasteiger partial charge in [0.05, 0.1) is 22.4 Å². The molecule has 0 saturated carbocycles. The maximum atomic E-state index is 11.6. The van der Waals surface area contributed by atoms with Crippen LogP contribution in [0.15, 0.2) is 29.1 Å². The van der Waals surface area contributed by atoms with E-state index in [1.54, 1.807) is 18.3 Å². The van der Waals surface area contributed by atoms with Crippen LogP contribution in [0.2, 0.25) is 0 Å². The van der Waals surface area contributed by atoms with Gasteiger partial charge in [0.1, 0.15) is 5.78 Å². The molecule has 16 heavy (non-hydrogen) atoms. The van der Waals surface area contributed by atoms with E-state index in [0.717, 1.165) is 4.88 Å². The highest BCUT2D eigenvalue weighted by Gasteiger charge is 2.13. The number of oxazole rings is 1. The van der Waals surface area contributed by atoms with Gasteiger partial charge in [0.15, 0.2) is 17.9 Å². The Morgan fingerprint density at radius 1 is 1.44 bits per heavy atom. The largest absolute Gasteiger partial charge is 0.443 e. The zero-order chi connectivity index (χ0) is 11.5. The Bertz CT molecular complexity index is 513. The van der Waals surface area contributed by atoms with Gasteiger partial charge in [-0.05, 0) is 19.1 Å². The van der Waals surface area contributed by atoms with Crippen molar-refractivity contribution < 1.29 is 14.0 Å². The van der Waals surface area contributed by atoms with Crippen molar-refractivity contribution in [3.8, 4) is 10.6 Å². The highest BCUT2D eigenvalue weighted by molar-refractivity contribution is 7.17. The van der Waals surface area contributed by atoms with Crippen LogP contribution in [0.25, 0.3) is 10.6 Å². The van der Waals surface area contributed by atoms with E-state index in [-0.39, 0.29) is 18.0 Å². The van der Waals surface area contributed by atoms with Crippen LogP contribution in [-0.2, 0) is 4.79 Å². The maximum Gasteiger partial charge on any atom is 0.181 e. The number of thiophene rings is 1. The number of hydrogen-bond acceptors (Lipinski definition) is 5. The average molecular weight is 235 g/mol. The van der Waals surface area contributed by atoms with Crippen molar-refractivity contribution in [1.29, 1.82) is 0 Å². The Morgan fingerprint density at radius 2 is 2.25 bits per heavy atom. The highest BCUT2D eigenvalue weighted by atomic mass is 32.1. The number of Topliss-reactive ketones (excluding diaryl/α,β-unsaturated/α-hetero) is 2. The Labute approximate surface area is 95.9 Å². The van der Waals surface area contributed by atoms with Gasteiger partial charge in [-0.2, -0.15) is 0 Å². The van der Waals surface area contributed by atoms with Gasteiger partial charge in [-0.15, -0.1) is 11.3 Å². The van der Waals surface area contributed by atoms with E-state index in [0.29, 0.717) is 10.6 Å². The second-order valence-corrected chi connectivity index (χ2v) is 4.42. The highest BCUT2D eigenvalue weighted by Crippen LogP contribution is 2.28. The minimum atomic E-state index is -0.150. The fourth-order valence-electron chi connectivity index (χ4n) is 1.27. The SMILES string of the molecule is CC(=O)CC(=O)c1ccc(-c2cnco2)s1. The molecule has 0 atom stereocenters. The molecule has 0 aromatic carbocycles. The number of carbonyl (C=O) groups is 2. The van der Waals surface area contributed by atoms with Crippen LogP contribution in [0, 0.1) is 0 Å². The molecule has 0 aliphatic rings. The van der Waals surface area contributed by atoms with Crippen molar-refractivity contribution in [2.75, 3.05) is 0 Å². The van der Waals surface area contributed by atoms with Gasteiger partial charge in [-0.3, -0.25) is 9.59 Å². The summed E-state index contributed by atoms with van der Waals surface area (Å²) in [6, 6.07) is 3.49. The Kier molecular flexibility index (Phi) is 2.96. The third-order valence-electron chi connectivity index (χ3n) is 1.97. The quantitative estimate of drug-likeness (QED) is 0.603. The van der Waals surface area contributed by atoms with E-state index in [1.807, 2.05) is 0 Å². The summed E-state index contributed by atoms with van der Waals surface area (Å²) in [5.41, 5.74) is 0. The third-order valence-corrected chi connectivity index (χ3v) is 3.11. The molecule has 2 aromatic heterocycles. The van der Waals surface area contributed by atoms with Crippen LogP contribution in [0.5, 0.6) is 0 Å². The molecular formula is C11H9NO3S. The summed E-state index contributed by atoms with van der Waals surface area (Å²) < 4.78 is 5.11. The molecule has 2 rings (SSSR count). The summed E-state index contributed by atoms with van der Waals surface area (Å²) in [5.74, 6) is 0.356. The Balaban J connectivity index is 2.20. The minimum absolute atomic E-state index is 0.0453. The summed E-state index contributed by atoms with van der Waals surface area (Å²) in [6.07, 6.45) is 2.88. The first kappa shape index (κ1) is 10.8. The maximum absolute atomic E-state index is 11.6. The molecule has 2 heterocycles. The standard InChI is InChI=1S/C11H9NO3S/c1-7(13)4-8(14)10-2-3-11(16-10)9-5-12-6-15-9/h2-3,5-6H,4H2,1H3. The molecule has 0 aliphatic heterocycles. The van der Waals surface area contributed by atoms with Crippen molar-refractivity contribution >= 4 is 22.9 Å². The normalized spacial score (nSPS) is 10.3. The molecule has 0 unspecified atom stereocenters. The average Bonchev–Trinajstić information content (AvgIpc) is 2.87. The lowest BCUT2D eigenvalue weighted by Gasteiger charge is -1.92. The van der Waals surface area contributed by atoms with E-state index in [2.05, 4.69) is 4.98 Å². The lowest BCUT2D eigenvalue weighted by molar-refractivity contribution is -0.116. The fourth-order valence-corrected chi connectivity index (χ4v) is 2.17. The summed E-state index contributed by atoms with van der Waals surface area (Å²) in [5, 5.41) is 0. The topological polar surface area (TPSA) is 60.2 Å². The minimum Gasteiger partial charge on any atom is -0.443 e. The molecule has 0 spiro atoms. The van der Waals surface area contributed by atoms with Crippen LogP contribution in [-0.4, -0.2) is 16.6 Å². The first-order valence-corrected chi connectivity index (χ1v) is 5.50. The zero-order valence-electron chi connectivity index (χ0n) is 8.60. The Morgan fingerprint density at radius 3 is 2.88 bits per heavy atom. The molecule has 82 valence electrons. The van der Waals surface area contributed by atoms with Crippen LogP contribution in [0.1, 0.15) is 23.0 Å². The summed E-state index contributed by atoms with van der Waals surface area (Å²) in [6.45, 7) is 1.41. The van der Waals surface area contributed by atoms with Crippen LogP contribution in [0.4, 0.5) is 0 Å². The molecule has 0 saturated heterocycles. The molecule has 0 bridgehead atoms. The lowest BCUT2D eigenvalue weighted by Crippen LogP contribution is -2.02. The van der Waals surface area contributed by atoms with Crippen molar-refractivity contribution in [3.63, 3.8) is 0 Å². The van der Waals surface area contributed by atoms with Crippen molar-refractivity contribution in [3.05, 3.63) is 29.6 Å². The van der Waals surface area contributed by atoms with Gasteiger partial charge < -0.3 is 4.42 Å². The summed E-state index contributed by atoms with van der Waals surface area (Å²) in [4.78, 5) is 27.6. The molecule has 0 radical (unpaired) electrons. The summed E-state index contributed by atoms with van der Waals surface area (Å²) in [7, 11) is 0. The van der Waals surface area contributed by atoms with Crippen LogP contribution < -0.4 is 0 Å². The molecule has 0 N–H and O–H groups in total. The van der Waals surface area contributed by atoms with E-state index in [4.69, 9.17) is 4.42 Å². The predicted octanol–water partition coefficient (Wildman–Crippen LogP) is 2.56. The molecular weight excluding hydrogens is 226 g/mol. The van der Waals surface area contributed by atoms with E-state index in [1.165, 1.54) is 24.7 Å². The molecule has 0 amide bonds. The molecule has 2 aromatic rings. The second-order valence-electron chi connectivity index (χ2n) is 3.33. The Hall–Kier alpha value is -1.75. The van der Waals surface area contributed by atoms with Gasteiger partial charge in [-0.25, -0.2) is 4.98 Å². The number of ketones is 2. The van der Waals surface area contributed by atoms with Gasteiger partial charge in [-0.1, -0.05) is 0 Å². The van der Waals surface area contributed by atoms with Gasteiger partial charge in [0.25, 0.3) is 0 Å². The van der Waals surface area contributed by atoms with Crippen molar-refractivity contribution in [2.45, 2.75) is 13.3 Å². The van der Waals surface area contributed by atoms with Crippen molar-refractivity contribution in [1.82, 2.24) is 4.98 Å². The molecule has 0 aliphatic carbocycles. The van der Waals surface area contributed by atoms with Gasteiger partial charge in [0.2, 0.25) is 0 Å². The monoisotopic (exact) mass is 235 g/mol. The van der Waals surface area contributed by atoms with E-state index >= 15 is 0 Å². The van der Waals surface area contributed by atoms with Crippen molar-refractivity contribution in [2.24, 2.45) is 0 Å². The molecule has 0 fully saturated rings. The number of nitrogens with zero attached hydrogens (tertiary/aromatic N) is 1. The fraction of sp³-hybridized carbons (Fsp3) is 0.182. The number of hydrogen-bond donors (Lipinski definition) is 0. The number of aromatic nitrogens is 1. The zero-order valence-corrected chi connectivity index (χ0v) is 9.41. The smallest absolute Gasteiger partial charge is 0.181 e. The van der Waals surface area contributed by atoms with Crippen LogP contribution >= 0.6 is 11.3 Å². The van der Waals surface area contributed by atoms with Gasteiger partial charge in [0, 0.05) is 0 Å². The van der Waals surface area contributed by atoms with E-state index < -0.39 is 0 Å². The lowest BCUT2D eigenvalue weighted by atomic mass is 10.2. The van der Waals surface area contributed by atoms with Gasteiger partial charge >= 0.3 is 0 Å². The third kappa shape index (κ3) is 2.25. The number of carbonyl (C=O) groups excluding carboxylic acids is 2. The molecule has 5 heteroatoms. The summed E-state index contributed by atoms with van der Waals surface area (Å²) >= 11 is 1.31. The van der Waals surface area contributed by atoms with Crippen LogP contribution in [0.3, 0.4) is 0 Å². The second kappa shape index (κ2) is 4.40. The first-order chi connectivity index (χ1) is 7.66.